The zero-order chi connectivity index (χ0) is 18.1. The molecule has 4 nitrogen and oxygen atoms in total. The highest BCUT2D eigenvalue weighted by Gasteiger charge is 2.28. The quantitative estimate of drug-likeness (QED) is 0.818. The fraction of sp³-hybridized carbons (Fsp3) is 0.545. The van der Waals surface area contributed by atoms with E-state index >= 15 is 0 Å². The Morgan fingerprint density at radius 3 is 2.46 bits per heavy atom. The lowest BCUT2D eigenvalue weighted by atomic mass is 9.88. The smallest absolute Gasteiger partial charge is 0.225 e. The number of carbonyl (C=O) groups is 1. The summed E-state index contributed by atoms with van der Waals surface area (Å²) < 4.78 is 0. The molecule has 2 heterocycles. The Kier molecular flexibility index (Phi) is 4.84. The maximum atomic E-state index is 12.8. The highest BCUT2D eigenvalue weighted by molar-refractivity contribution is 5.86. The van der Waals surface area contributed by atoms with Gasteiger partial charge >= 0.3 is 0 Å². The molecule has 0 bridgehead atoms. The van der Waals surface area contributed by atoms with Gasteiger partial charge in [-0.3, -0.25) is 4.79 Å². The molecule has 1 aliphatic heterocycles. The molecule has 0 radical (unpaired) electrons. The highest BCUT2D eigenvalue weighted by Crippen LogP contribution is 2.28. The Balaban J connectivity index is 1.47. The number of fused-ring (bicyclic) bond motifs is 1. The number of pyridine rings is 1. The highest BCUT2D eigenvalue weighted by atomic mass is 16.2. The molecule has 1 saturated heterocycles. The van der Waals surface area contributed by atoms with Crippen LogP contribution in [-0.4, -0.2) is 42.0 Å². The van der Waals surface area contributed by atoms with Crippen molar-refractivity contribution in [3.63, 3.8) is 0 Å². The Bertz CT molecular complexity index is 802. The van der Waals surface area contributed by atoms with Crippen molar-refractivity contribution in [1.29, 1.82) is 0 Å². The number of rotatable bonds is 2. The van der Waals surface area contributed by atoms with Crippen LogP contribution in [0.25, 0.3) is 10.9 Å². The maximum Gasteiger partial charge on any atom is 0.225 e. The Labute approximate surface area is 156 Å². The van der Waals surface area contributed by atoms with Crippen LogP contribution in [0.4, 0.5) is 5.82 Å². The number of piperazine rings is 1. The first-order valence-corrected chi connectivity index (χ1v) is 10.0. The van der Waals surface area contributed by atoms with Crippen molar-refractivity contribution in [2.45, 2.75) is 46.0 Å². The molecular formula is C22H29N3O. The first-order valence-electron chi connectivity index (χ1n) is 10.0. The van der Waals surface area contributed by atoms with Gasteiger partial charge < -0.3 is 9.80 Å². The van der Waals surface area contributed by atoms with E-state index in [1.54, 1.807) is 0 Å². The molecule has 1 aliphatic carbocycles. The number of nitrogens with zero attached hydrogens (tertiary/aromatic N) is 3. The van der Waals surface area contributed by atoms with E-state index in [1.165, 1.54) is 35.8 Å². The van der Waals surface area contributed by atoms with Crippen LogP contribution in [0.5, 0.6) is 0 Å². The largest absolute Gasteiger partial charge is 0.353 e. The molecule has 138 valence electrons. The summed E-state index contributed by atoms with van der Waals surface area (Å²) >= 11 is 0. The summed E-state index contributed by atoms with van der Waals surface area (Å²) in [7, 11) is 0. The van der Waals surface area contributed by atoms with Crippen molar-refractivity contribution in [1.82, 2.24) is 9.88 Å². The number of para-hydroxylation sites is 1. The van der Waals surface area contributed by atoms with Gasteiger partial charge in [0.2, 0.25) is 5.91 Å². The average Bonchev–Trinajstić information content (AvgIpc) is 2.69. The molecule has 2 fully saturated rings. The third-order valence-electron chi connectivity index (χ3n) is 6.10. The van der Waals surface area contributed by atoms with E-state index in [1.807, 2.05) is 0 Å². The van der Waals surface area contributed by atoms with Gasteiger partial charge in [0.05, 0.1) is 5.52 Å². The minimum atomic E-state index is 0.277. The van der Waals surface area contributed by atoms with Gasteiger partial charge in [0.1, 0.15) is 5.82 Å². The number of aryl methyl sites for hydroxylation is 2. The molecule has 1 aromatic heterocycles. The van der Waals surface area contributed by atoms with Crippen LogP contribution in [0.15, 0.2) is 24.3 Å². The SMILES string of the molecule is Cc1cc(N2CCN(C(=O)C3CCCCC3)CC2)nc2c(C)cccc12. The third-order valence-corrected chi connectivity index (χ3v) is 6.10. The number of carbonyl (C=O) groups excluding carboxylic acids is 1. The zero-order valence-electron chi connectivity index (χ0n) is 16.0. The number of aromatic nitrogens is 1. The van der Waals surface area contributed by atoms with Crippen LogP contribution >= 0.6 is 0 Å². The van der Waals surface area contributed by atoms with Crippen molar-refractivity contribution < 1.29 is 4.79 Å². The first kappa shape index (κ1) is 17.3. The molecule has 26 heavy (non-hydrogen) atoms. The van der Waals surface area contributed by atoms with Crippen LogP contribution in [0.3, 0.4) is 0 Å². The van der Waals surface area contributed by atoms with Crippen molar-refractivity contribution in [3.8, 4) is 0 Å². The predicted octanol–water partition coefficient (Wildman–Crippen LogP) is 4.08. The molecule has 0 unspecified atom stereocenters. The fourth-order valence-corrected chi connectivity index (χ4v) is 4.47. The Hall–Kier alpha value is -2.10. The summed E-state index contributed by atoms with van der Waals surface area (Å²) in [6, 6.07) is 8.57. The summed E-state index contributed by atoms with van der Waals surface area (Å²) in [5.74, 6) is 1.72. The summed E-state index contributed by atoms with van der Waals surface area (Å²) in [4.78, 5) is 22.1. The first-order chi connectivity index (χ1) is 12.6. The molecule has 1 saturated carbocycles. The third kappa shape index (κ3) is 3.29. The summed E-state index contributed by atoms with van der Waals surface area (Å²) in [5, 5.41) is 1.24. The zero-order valence-corrected chi connectivity index (χ0v) is 16.0. The van der Waals surface area contributed by atoms with Gasteiger partial charge in [0.25, 0.3) is 0 Å². The lowest BCUT2D eigenvalue weighted by Gasteiger charge is -2.37. The number of benzene rings is 1. The number of anilines is 1. The molecule has 2 aliphatic rings. The molecule has 4 rings (SSSR count). The minimum absolute atomic E-state index is 0.277. The molecule has 1 aromatic carbocycles. The predicted molar refractivity (Wildman–Crippen MR) is 107 cm³/mol. The van der Waals surface area contributed by atoms with Crippen molar-refractivity contribution in [2.75, 3.05) is 31.1 Å². The van der Waals surface area contributed by atoms with E-state index < -0.39 is 0 Å². The van der Waals surface area contributed by atoms with E-state index in [-0.39, 0.29) is 5.92 Å². The normalized spacial score (nSPS) is 19.2. The van der Waals surface area contributed by atoms with Gasteiger partial charge in [-0.2, -0.15) is 0 Å². The average molecular weight is 351 g/mol. The molecule has 4 heteroatoms. The maximum absolute atomic E-state index is 12.8. The fourth-order valence-electron chi connectivity index (χ4n) is 4.47. The number of hydrogen-bond donors (Lipinski definition) is 0. The summed E-state index contributed by atoms with van der Waals surface area (Å²) in [6.07, 6.45) is 5.91. The molecule has 2 aromatic rings. The second kappa shape index (κ2) is 7.26. The van der Waals surface area contributed by atoms with E-state index in [0.717, 1.165) is 50.4 Å². The second-order valence-electron chi connectivity index (χ2n) is 7.92. The van der Waals surface area contributed by atoms with E-state index in [9.17, 15) is 4.79 Å². The second-order valence-corrected chi connectivity index (χ2v) is 7.92. The lowest BCUT2D eigenvalue weighted by molar-refractivity contribution is -0.136. The van der Waals surface area contributed by atoms with Gasteiger partial charge in [-0.1, -0.05) is 37.5 Å². The van der Waals surface area contributed by atoms with Crippen LogP contribution < -0.4 is 4.90 Å². The van der Waals surface area contributed by atoms with Crippen LogP contribution in [-0.2, 0) is 4.79 Å². The monoisotopic (exact) mass is 351 g/mol. The van der Waals surface area contributed by atoms with E-state index in [0.29, 0.717) is 5.91 Å². The molecular weight excluding hydrogens is 322 g/mol. The Morgan fingerprint density at radius 1 is 1.00 bits per heavy atom. The molecule has 0 N–H and O–H groups in total. The summed E-state index contributed by atoms with van der Waals surface area (Å²) in [6.45, 7) is 7.68. The molecule has 1 amide bonds. The van der Waals surface area contributed by atoms with Gasteiger partial charge in [-0.25, -0.2) is 4.98 Å². The van der Waals surface area contributed by atoms with Crippen LogP contribution in [0, 0.1) is 19.8 Å². The van der Waals surface area contributed by atoms with Gasteiger partial charge in [0.15, 0.2) is 0 Å². The minimum Gasteiger partial charge on any atom is -0.353 e. The van der Waals surface area contributed by atoms with Crippen LogP contribution in [0.2, 0.25) is 0 Å². The van der Waals surface area contributed by atoms with E-state index in [4.69, 9.17) is 4.98 Å². The lowest BCUT2D eigenvalue weighted by Crippen LogP contribution is -2.50. The molecule has 0 atom stereocenters. The standard InChI is InChI=1S/C22H29N3O/c1-16-7-6-10-19-17(2)15-20(23-21(16)19)24-11-13-25(14-12-24)22(26)18-8-4-3-5-9-18/h6-7,10,15,18H,3-5,8-9,11-14H2,1-2H3. The van der Waals surface area contributed by atoms with Gasteiger partial charge in [0, 0.05) is 37.5 Å². The number of amides is 1. The Morgan fingerprint density at radius 2 is 1.73 bits per heavy atom. The van der Waals surface area contributed by atoms with Crippen molar-refractivity contribution in [2.24, 2.45) is 5.92 Å². The van der Waals surface area contributed by atoms with Crippen LogP contribution in [0.1, 0.15) is 43.2 Å². The van der Waals surface area contributed by atoms with Gasteiger partial charge in [-0.15, -0.1) is 0 Å². The van der Waals surface area contributed by atoms with E-state index in [2.05, 4.69) is 47.9 Å². The summed E-state index contributed by atoms with van der Waals surface area (Å²) in [5.41, 5.74) is 3.59. The van der Waals surface area contributed by atoms with Crippen molar-refractivity contribution >= 4 is 22.6 Å². The molecule has 0 spiro atoms. The number of hydrogen-bond acceptors (Lipinski definition) is 3. The van der Waals surface area contributed by atoms with Gasteiger partial charge in [-0.05, 0) is 43.9 Å². The topological polar surface area (TPSA) is 36.4 Å². The van der Waals surface area contributed by atoms with Crippen molar-refractivity contribution in [3.05, 3.63) is 35.4 Å².